The Labute approximate surface area is 168 Å². The number of aromatic hydroxyl groups is 2. The maximum atomic E-state index is 14.0. The van der Waals surface area contributed by atoms with E-state index in [2.05, 4.69) is 15.3 Å². The first-order valence-electron chi connectivity index (χ1n) is 8.73. The quantitative estimate of drug-likeness (QED) is 0.487. The van der Waals surface area contributed by atoms with E-state index in [0.717, 1.165) is 23.8 Å². The molecule has 0 saturated carbocycles. The molecule has 0 aliphatic heterocycles. The average Bonchev–Trinajstić information content (AvgIpc) is 2.71. The van der Waals surface area contributed by atoms with E-state index in [-0.39, 0.29) is 18.0 Å². The van der Waals surface area contributed by atoms with Gasteiger partial charge in [-0.05, 0) is 36.2 Å². The predicted octanol–water partition coefficient (Wildman–Crippen LogP) is 2.11. The standard InChI is InChI=1S/C20H17F2N3O5/c1-30-14-9-10(5-6-13(14)26)7-8-23-19(28)16-17(27)20(29)25-18(24-16)15-11(21)3-2-4-12(15)22/h2-6,9,26-27H,7-8H2,1H3,(H,23,28)(H,24,25,29). The number of aromatic nitrogens is 2. The molecule has 30 heavy (non-hydrogen) atoms. The number of rotatable bonds is 6. The van der Waals surface area contributed by atoms with E-state index >= 15 is 0 Å². The van der Waals surface area contributed by atoms with Crippen molar-refractivity contribution in [3.8, 4) is 28.6 Å². The number of carbonyl (C=O) groups is 1. The Bertz CT molecular complexity index is 1140. The molecule has 0 aliphatic carbocycles. The molecule has 1 aromatic heterocycles. The van der Waals surface area contributed by atoms with Crippen molar-refractivity contribution in [2.45, 2.75) is 6.42 Å². The van der Waals surface area contributed by atoms with E-state index in [1.807, 2.05) is 0 Å². The molecule has 1 heterocycles. The van der Waals surface area contributed by atoms with E-state index in [4.69, 9.17) is 4.74 Å². The maximum Gasteiger partial charge on any atom is 0.294 e. The molecule has 0 fully saturated rings. The number of halogens is 2. The van der Waals surface area contributed by atoms with Crippen LogP contribution in [-0.4, -0.2) is 39.7 Å². The number of H-pyrrole nitrogens is 1. The summed E-state index contributed by atoms with van der Waals surface area (Å²) in [7, 11) is 1.40. The molecule has 0 spiro atoms. The smallest absolute Gasteiger partial charge is 0.294 e. The summed E-state index contributed by atoms with van der Waals surface area (Å²) in [5.41, 5.74) is -1.67. The van der Waals surface area contributed by atoms with Gasteiger partial charge >= 0.3 is 0 Å². The predicted molar refractivity (Wildman–Crippen MR) is 103 cm³/mol. The van der Waals surface area contributed by atoms with Crippen molar-refractivity contribution in [2.24, 2.45) is 0 Å². The van der Waals surface area contributed by atoms with E-state index in [9.17, 15) is 28.6 Å². The van der Waals surface area contributed by atoms with Crippen LogP contribution in [0.25, 0.3) is 11.4 Å². The Hall–Kier alpha value is -3.95. The number of phenolic OH excluding ortho intramolecular Hbond substituents is 1. The lowest BCUT2D eigenvalue weighted by Crippen LogP contribution is -2.28. The second-order valence-electron chi connectivity index (χ2n) is 6.22. The van der Waals surface area contributed by atoms with Gasteiger partial charge in [0.2, 0.25) is 5.75 Å². The minimum atomic E-state index is -1.11. The summed E-state index contributed by atoms with van der Waals surface area (Å²) in [6.07, 6.45) is 0.334. The molecule has 0 radical (unpaired) electrons. The van der Waals surface area contributed by atoms with Gasteiger partial charge in [-0.3, -0.25) is 9.59 Å². The van der Waals surface area contributed by atoms with E-state index in [1.54, 1.807) is 12.1 Å². The van der Waals surface area contributed by atoms with Gasteiger partial charge in [-0.1, -0.05) is 12.1 Å². The van der Waals surface area contributed by atoms with Crippen molar-refractivity contribution < 1.29 is 28.5 Å². The molecule has 3 rings (SSSR count). The van der Waals surface area contributed by atoms with Gasteiger partial charge in [0.1, 0.15) is 17.5 Å². The fourth-order valence-corrected chi connectivity index (χ4v) is 2.75. The van der Waals surface area contributed by atoms with Crippen molar-refractivity contribution in [3.05, 3.63) is 69.6 Å². The number of hydrogen-bond donors (Lipinski definition) is 4. The highest BCUT2D eigenvalue weighted by Gasteiger charge is 2.21. The molecule has 0 bridgehead atoms. The summed E-state index contributed by atoms with van der Waals surface area (Å²) in [4.78, 5) is 30.1. The van der Waals surface area contributed by atoms with Crippen LogP contribution in [0.5, 0.6) is 17.2 Å². The second-order valence-corrected chi connectivity index (χ2v) is 6.22. The summed E-state index contributed by atoms with van der Waals surface area (Å²) in [5, 5.41) is 22.0. The zero-order chi connectivity index (χ0) is 21.8. The number of aromatic amines is 1. The first kappa shape index (κ1) is 20.8. The number of nitrogens with zero attached hydrogens (tertiary/aromatic N) is 1. The van der Waals surface area contributed by atoms with E-state index < -0.39 is 45.9 Å². The van der Waals surface area contributed by atoms with Crippen molar-refractivity contribution in [2.75, 3.05) is 13.7 Å². The van der Waals surface area contributed by atoms with Gasteiger partial charge in [-0.15, -0.1) is 0 Å². The highest BCUT2D eigenvalue weighted by molar-refractivity contribution is 5.95. The Morgan fingerprint density at radius 3 is 2.57 bits per heavy atom. The summed E-state index contributed by atoms with van der Waals surface area (Å²) in [5.74, 6) is -4.14. The lowest BCUT2D eigenvalue weighted by Gasteiger charge is -2.10. The monoisotopic (exact) mass is 417 g/mol. The number of phenols is 1. The number of hydrogen-bond acceptors (Lipinski definition) is 6. The average molecular weight is 417 g/mol. The molecule has 8 nitrogen and oxygen atoms in total. The van der Waals surface area contributed by atoms with Crippen LogP contribution in [0.1, 0.15) is 16.1 Å². The Morgan fingerprint density at radius 2 is 1.90 bits per heavy atom. The van der Waals surface area contributed by atoms with Gasteiger partial charge in [0.25, 0.3) is 11.5 Å². The summed E-state index contributed by atoms with van der Waals surface area (Å²) in [6.45, 7) is 0.0874. The van der Waals surface area contributed by atoms with Crippen LogP contribution in [0.2, 0.25) is 0 Å². The van der Waals surface area contributed by atoms with Gasteiger partial charge in [-0.2, -0.15) is 0 Å². The Balaban J connectivity index is 1.81. The highest BCUT2D eigenvalue weighted by atomic mass is 19.1. The van der Waals surface area contributed by atoms with Crippen LogP contribution in [0.3, 0.4) is 0 Å². The fourth-order valence-electron chi connectivity index (χ4n) is 2.75. The zero-order valence-electron chi connectivity index (χ0n) is 15.7. The molecular formula is C20H17F2N3O5. The third-order valence-corrected chi connectivity index (χ3v) is 4.25. The molecule has 0 saturated heterocycles. The molecule has 0 unspecified atom stereocenters. The third kappa shape index (κ3) is 4.22. The van der Waals surface area contributed by atoms with Crippen LogP contribution < -0.4 is 15.6 Å². The van der Waals surface area contributed by atoms with Gasteiger partial charge < -0.3 is 25.3 Å². The number of ether oxygens (including phenoxy) is 1. The SMILES string of the molecule is COc1cc(CCNC(=O)c2nc(-c3c(F)cccc3F)[nH]c(=O)c2O)ccc1O. The van der Waals surface area contributed by atoms with Crippen LogP contribution in [0, 0.1) is 11.6 Å². The zero-order valence-corrected chi connectivity index (χ0v) is 15.7. The lowest BCUT2D eigenvalue weighted by atomic mass is 10.1. The first-order chi connectivity index (χ1) is 14.3. The van der Waals surface area contributed by atoms with E-state index in [0.29, 0.717) is 6.42 Å². The van der Waals surface area contributed by atoms with Gasteiger partial charge in [-0.25, -0.2) is 13.8 Å². The minimum absolute atomic E-state index is 0.0316. The molecular weight excluding hydrogens is 400 g/mol. The van der Waals surface area contributed by atoms with Gasteiger partial charge in [0.05, 0.1) is 12.7 Å². The van der Waals surface area contributed by atoms with Crippen molar-refractivity contribution >= 4 is 5.91 Å². The lowest BCUT2D eigenvalue weighted by molar-refractivity contribution is 0.0945. The first-order valence-corrected chi connectivity index (χ1v) is 8.73. The summed E-state index contributed by atoms with van der Waals surface area (Å²) >= 11 is 0. The van der Waals surface area contributed by atoms with Crippen LogP contribution in [0.4, 0.5) is 8.78 Å². The Kier molecular flexibility index (Phi) is 5.95. The third-order valence-electron chi connectivity index (χ3n) is 4.25. The van der Waals surface area contributed by atoms with Gasteiger partial charge in [0.15, 0.2) is 17.2 Å². The number of benzene rings is 2. The molecule has 0 aliphatic rings. The normalized spacial score (nSPS) is 10.6. The van der Waals surface area contributed by atoms with Crippen molar-refractivity contribution in [1.82, 2.24) is 15.3 Å². The summed E-state index contributed by atoms with van der Waals surface area (Å²) in [6, 6.07) is 7.73. The number of methoxy groups -OCH3 is 1. The van der Waals surface area contributed by atoms with E-state index in [1.165, 1.54) is 13.2 Å². The molecule has 3 aromatic rings. The molecule has 156 valence electrons. The van der Waals surface area contributed by atoms with Gasteiger partial charge in [0, 0.05) is 6.54 Å². The number of amides is 1. The fraction of sp³-hybridized carbons (Fsp3) is 0.150. The number of nitrogens with one attached hydrogen (secondary N) is 2. The maximum absolute atomic E-state index is 14.0. The molecule has 10 heteroatoms. The van der Waals surface area contributed by atoms with Crippen molar-refractivity contribution in [3.63, 3.8) is 0 Å². The molecule has 4 N–H and O–H groups in total. The minimum Gasteiger partial charge on any atom is -0.504 e. The molecule has 1 amide bonds. The van der Waals surface area contributed by atoms with Crippen LogP contribution in [0.15, 0.2) is 41.2 Å². The number of carbonyl (C=O) groups excluding carboxylic acids is 1. The second kappa shape index (κ2) is 8.60. The van der Waals surface area contributed by atoms with Crippen molar-refractivity contribution in [1.29, 1.82) is 0 Å². The molecule has 0 atom stereocenters. The van der Waals surface area contributed by atoms with Crippen LogP contribution in [-0.2, 0) is 6.42 Å². The Morgan fingerprint density at radius 1 is 1.20 bits per heavy atom. The summed E-state index contributed by atoms with van der Waals surface area (Å²) < 4.78 is 33.0. The largest absolute Gasteiger partial charge is 0.504 e. The molecule has 2 aromatic carbocycles. The topological polar surface area (TPSA) is 125 Å². The highest BCUT2D eigenvalue weighted by Crippen LogP contribution is 2.26. The van der Waals surface area contributed by atoms with Crippen LogP contribution >= 0.6 is 0 Å².